The molecule has 100 valence electrons. The van der Waals surface area contributed by atoms with E-state index in [2.05, 4.69) is 22.1 Å². The molecule has 2 N–H and O–H groups in total. The van der Waals surface area contributed by atoms with Gasteiger partial charge in [-0.05, 0) is 30.3 Å². The molecule has 1 aromatic carbocycles. The average molecular weight is 287 g/mol. The van der Waals surface area contributed by atoms with E-state index in [0.29, 0.717) is 22.0 Å². The lowest BCUT2D eigenvalue weighted by molar-refractivity contribution is 0.102. The van der Waals surface area contributed by atoms with Crippen molar-refractivity contribution in [3.05, 3.63) is 58.7 Å². The van der Waals surface area contributed by atoms with E-state index in [-0.39, 0.29) is 12.5 Å². The van der Waals surface area contributed by atoms with Gasteiger partial charge in [-0.15, -0.1) is 0 Å². The van der Waals surface area contributed by atoms with Crippen LogP contribution in [0.1, 0.15) is 15.9 Å². The number of hydrogen-bond donors (Lipinski definition) is 2. The Hall–Kier alpha value is -2.35. The number of carbonyl (C=O) groups is 1. The molecule has 5 heteroatoms. The number of aliphatic hydroxyl groups is 1. The molecule has 0 spiro atoms. The van der Waals surface area contributed by atoms with Gasteiger partial charge in [0.15, 0.2) is 0 Å². The lowest BCUT2D eigenvalue weighted by atomic mass is 10.1. The predicted molar refractivity (Wildman–Crippen MR) is 77.6 cm³/mol. The van der Waals surface area contributed by atoms with Crippen LogP contribution in [0.3, 0.4) is 0 Å². The number of rotatable bonds is 2. The highest BCUT2D eigenvalue weighted by molar-refractivity contribution is 6.30. The van der Waals surface area contributed by atoms with Gasteiger partial charge in [0.2, 0.25) is 0 Å². The summed E-state index contributed by atoms with van der Waals surface area (Å²) in [6.45, 7) is -0.217. The molecular formula is C15H11ClN2O2. The number of amides is 1. The van der Waals surface area contributed by atoms with Gasteiger partial charge in [0.25, 0.3) is 5.91 Å². The Morgan fingerprint density at radius 1 is 1.35 bits per heavy atom. The zero-order chi connectivity index (χ0) is 14.4. The minimum absolute atomic E-state index is 0.217. The third kappa shape index (κ3) is 3.82. The Labute approximate surface area is 121 Å². The standard InChI is InChI=1S/C15H11ClN2O2/c16-13-6-7-14(17-10-13)18-15(20)12-5-1-3-11(9-12)4-2-8-19/h1,3,5-7,9-10,19H,8H2,(H,17,18,20). The first-order chi connectivity index (χ1) is 9.69. The zero-order valence-electron chi connectivity index (χ0n) is 10.4. The molecule has 0 aliphatic carbocycles. The quantitative estimate of drug-likeness (QED) is 0.833. The molecule has 0 radical (unpaired) electrons. The Bertz CT molecular complexity index is 672. The van der Waals surface area contributed by atoms with E-state index < -0.39 is 0 Å². The van der Waals surface area contributed by atoms with E-state index in [1.165, 1.54) is 6.20 Å². The van der Waals surface area contributed by atoms with E-state index >= 15 is 0 Å². The molecule has 4 nitrogen and oxygen atoms in total. The summed E-state index contributed by atoms with van der Waals surface area (Å²) in [7, 11) is 0. The summed E-state index contributed by atoms with van der Waals surface area (Å²) in [5, 5.41) is 11.8. The molecule has 0 saturated carbocycles. The molecule has 1 amide bonds. The first-order valence-electron chi connectivity index (χ1n) is 5.82. The van der Waals surface area contributed by atoms with Crippen molar-refractivity contribution in [3.8, 4) is 11.8 Å². The van der Waals surface area contributed by atoms with Gasteiger partial charge in [-0.3, -0.25) is 4.79 Å². The van der Waals surface area contributed by atoms with Crippen molar-refractivity contribution in [2.24, 2.45) is 0 Å². The lowest BCUT2D eigenvalue weighted by Crippen LogP contribution is -2.12. The van der Waals surface area contributed by atoms with E-state index in [1.807, 2.05) is 0 Å². The van der Waals surface area contributed by atoms with Crippen LogP contribution >= 0.6 is 11.6 Å². The van der Waals surface area contributed by atoms with Gasteiger partial charge in [0.05, 0.1) is 5.02 Å². The van der Waals surface area contributed by atoms with Crippen LogP contribution in [0.4, 0.5) is 5.82 Å². The number of nitrogens with zero attached hydrogens (tertiary/aromatic N) is 1. The Kier molecular flexibility index (Phi) is 4.72. The van der Waals surface area contributed by atoms with Crippen molar-refractivity contribution in [2.45, 2.75) is 0 Å². The molecule has 0 aliphatic rings. The molecule has 20 heavy (non-hydrogen) atoms. The molecule has 0 unspecified atom stereocenters. The number of aromatic nitrogens is 1. The number of nitrogens with one attached hydrogen (secondary N) is 1. The van der Waals surface area contributed by atoms with Crippen molar-refractivity contribution >= 4 is 23.3 Å². The minimum atomic E-state index is -0.285. The maximum absolute atomic E-state index is 12.0. The van der Waals surface area contributed by atoms with Crippen LogP contribution in [0.15, 0.2) is 42.6 Å². The summed E-state index contributed by atoms with van der Waals surface area (Å²) in [6.07, 6.45) is 1.46. The van der Waals surface area contributed by atoms with E-state index in [0.717, 1.165) is 0 Å². The van der Waals surface area contributed by atoms with Crippen LogP contribution in [-0.4, -0.2) is 22.6 Å². The second kappa shape index (κ2) is 6.71. The van der Waals surface area contributed by atoms with Gasteiger partial charge >= 0.3 is 0 Å². The fraction of sp³-hybridized carbons (Fsp3) is 0.0667. The number of carbonyl (C=O) groups excluding carboxylic acids is 1. The molecule has 2 aromatic rings. The van der Waals surface area contributed by atoms with Crippen LogP contribution in [0.25, 0.3) is 0 Å². The molecule has 0 bridgehead atoms. The Balaban J connectivity index is 2.14. The normalized spacial score (nSPS) is 9.50. The molecule has 0 aliphatic heterocycles. The fourth-order valence-electron chi connectivity index (χ4n) is 1.52. The maximum atomic E-state index is 12.0. The van der Waals surface area contributed by atoms with Crippen LogP contribution in [-0.2, 0) is 0 Å². The van der Waals surface area contributed by atoms with Crippen molar-refractivity contribution in [1.82, 2.24) is 4.98 Å². The largest absolute Gasteiger partial charge is 0.384 e. The average Bonchev–Trinajstić information content (AvgIpc) is 2.48. The van der Waals surface area contributed by atoms with Gasteiger partial charge in [-0.25, -0.2) is 4.98 Å². The van der Waals surface area contributed by atoms with Crippen LogP contribution < -0.4 is 5.32 Å². The summed E-state index contributed by atoms with van der Waals surface area (Å²) in [5.41, 5.74) is 1.13. The second-order valence-corrected chi connectivity index (χ2v) is 4.29. The van der Waals surface area contributed by atoms with Gasteiger partial charge < -0.3 is 10.4 Å². The maximum Gasteiger partial charge on any atom is 0.256 e. The third-order valence-corrected chi connectivity index (χ3v) is 2.63. The van der Waals surface area contributed by atoms with E-state index in [4.69, 9.17) is 16.7 Å². The highest BCUT2D eigenvalue weighted by atomic mass is 35.5. The number of pyridine rings is 1. The summed E-state index contributed by atoms with van der Waals surface area (Å²) < 4.78 is 0. The number of aliphatic hydroxyl groups excluding tert-OH is 1. The second-order valence-electron chi connectivity index (χ2n) is 3.86. The summed E-state index contributed by atoms with van der Waals surface area (Å²) >= 11 is 5.72. The number of hydrogen-bond acceptors (Lipinski definition) is 3. The van der Waals surface area contributed by atoms with Gasteiger partial charge in [0.1, 0.15) is 12.4 Å². The van der Waals surface area contributed by atoms with Crippen molar-refractivity contribution in [3.63, 3.8) is 0 Å². The predicted octanol–water partition coefficient (Wildman–Crippen LogP) is 2.33. The number of anilines is 1. The Morgan fingerprint density at radius 2 is 2.20 bits per heavy atom. The molecule has 0 saturated heterocycles. The molecule has 2 rings (SSSR count). The molecule has 1 aromatic heterocycles. The number of halogens is 1. The van der Waals surface area contributed by atoms with Crippen molar-refractivity contribution in [2.75, 3.05) is 11.9 Å². The highest BCUT2D eigenvalue weighted by Gasteiger charge is 2.06. The monoisotopic (exact) mass is 286 g/mol. The van der Waals surface area contributed by atoms with E-state index in [1.54, 1.807) is 36.4 Å². The first kappa shape index (κ1) is 14.1. The van der Waals surface area contributed by atoms with Gasteiger partial charge in [-0.1, -0.05) is 29.5 Å². The van der Waals surface area contributed by atoms with Crippen LogP contribution in [0.2, 0.25) is 5.02 Å². The number of benzene rings is 1. The minimum Gasteiger partial charge on any atom is -0.384 e. The van der Waals surface area contributed by atoms with Crippen molar-refractivity contribution < 1.29 is 9.90 Å². The zero-order valence-corrected chi connectivity index (χ0v) is 11.2. The summed E-state index contributed by atoms with van der Waals surface area (Å²) in [6, 6.07) is 10.1. The van der Waals surface area contributed by atoms with Gasteiger partial charge in [0, 0.05) is 17.3 Å². The van der Waals surface area contributed by atoms with Gasteiger partial charge in [-0.2, -0.15) is 0 Å². The van der Waals surface area contributed by atoms with Crippen molar-refractivity contribution in [1.29, 1.82) is 0 Å². The lowest BCUT2D eigenvalue weighted by Gasteiger charge is -2.04. The van der Waals surface area contributed by atoms with Crippen LogP contribution in [0.5, 0.6) is 0 Å². The highest BCUT2D eigenvalue weighted by Crippen LogP contribution is 2.11. The Morgan fingerprint density at radius 3 is 2.90 bits per heavy atom. The molecule has 0 fully saturated rings. The summed E-state index contributed by atoms with van der Waals surface area (Å²) in [4.78, 5) is 16.0. The molecular weight excluding hydrogens is 276 g/mol. The molecule has 1 heterocycles. The SMILES string of the molecule is O=C(Nc1ccc(Cl)cn1)c1cccc(C#CCO)c1. The molecule has 0 atom stereocenters. The van der Waals surface area contributed by atoms with Crippen LogP contribution in [0, 0.1) is 11.8 Å². The summed E-state index contributed by atoms with van der Waals surface area (Å²) in [5.74, 6) is 5.42. The third-order valence-electron chi connectivity index (χ3n) is 2.41. The first-order valence-corrected chi connectivity index (χ1v) is 6.19. The smallest absolute Gasteiger partial charge is 0.256 e. The fourth-order valence-corrected chi connectivity index (χ4v) is 1.63. The van der Waals surface area contributed by atoms with E-state index in [9.17, 15) is 4.79 Å². The topological polar surface area (TPSA) is 62.2 Å².